The normalized spacial score (nSPS) is 16.9. The number of rotatable bonds is 5. The Morgan fingerprint density at radius 1 is 1.52 bits per heavy atom. The summed E-state index contributed by atoms with van der Waals surface area (Å²) in [6.07, 6.45) is 3.03. The molecular weight excluding hydrogens is 346 g/mol. The lowest BCUT2D eigenvalue weighted by molar-refractivity contribution is 0.0955. The SMILES string of the molecule is C=CCNC(=O)c1cnn2c1CN([S+](=O)([O-])c1c(C)noc1C)CC2. The van der Waals surface area contributed by atoms with Crippen molar-refractivity contribution in [2.45, 2.75) is 31.8 Å². The van der Waals surface area contributed by atoms with E-state index in [0.29, 0.717) is 30.0 Å². The van der Waals surface area contributed by atoms with Crippen LogP contribution in [0, 0.1) is 13.8 Å². The van der Waals surface area contributed by atoms with E-state index in [1.54, 1.807) is 24.6 Å². The predicted molar refractivity (Wildman–Crippen MR) is 88.2 cm³/mol. The molecule has 0 saturated carbocycles. The largest absolute Gasteiger partial charge is 0.593 e. The van der Waals surface area contributed by atoms with E-state index in [4.69, 9.17) is 4.52 Å². The van der Waals surface area contributed by atoms with Crippen LogP contribution in [0.15, 0.2) is 28.3 Å². The van der Waals surface area contributed by atoms with E-state index < -0.39 is 10.4 Å². The molecule has 1 amide bonds. The highest BCUT2D eigenvalue weighted by Crippen LogP contribution is 2.31. The Labute approximate surface area is 146 Å². The Balaban J connectivity index is 1.90. The highest BCUT2D eigenvalue weighted by atomic mass is 32.3. The minimum Gasteiger partial charge on any atom is -0.593 e. The van der Waals surface area contributed by atoms with Crippen LogP contribution in [0.25, 0.3) is 0 Å². The van der Waals surface area contributed by atoms with Crippen molar-refractivity contribution in [1.29, 1.82) is 0 Å². The van der Waals surface area contributed by atoms with Crippen LogP contribution in [-0.4, -0.2) is 42.8 Å². The molecule has 0 bridgehead atoms. The first-order valence-electron chi connectivity index (χ1n) is 7.73. The Morgan fingerprint density at radius 3 is 2.92 bits per heavy atom. The fourth-order valence-electron chi connectivity index (χ4n) is 2.85. The Morgan fingerprint density at radius 2 is 2.28 bits per heavy atom. The van der Waals surface area contributed by atoms with Gasteiger partial charge in [0.05, 0.1) is 37.1 Å². The molecule has 2 aromatic heterocycles. The molecule has 0 saturated heterocycles. The summed E-state index contributed by atoms with van der Waals surface area (Å²) in [5.41, 5.74) is 1.24. The van der Waals surface area contributed by atoms with Gasteiger partial charge >= 0.3 is 0 Å². The number of nitrogens with zero attached hydrogens (tertiary/aromatic N) is 4. The van der Waals surface area contributed by atoms with Crippen LogP contribution in [0.5, 0.6) is 0 Å². The molecule has 134 valence electrons. The standard InChI is InChI=1S/C15H19N5O4S/c1-4-5-16-15(21)12-8-17-20-7-6-19(9-13(12)20)25(22,23)14-10(2)18-24-11(14)3/h4,8H,1,5-7,9H2,2-3H3,(H-,16,21,22,23). The molecule has 1 aliphatic rings. The highest BCUT2D eigenvalue weighted by molar-refractivity contribution is 7.95. The summed E-state index contributed by atoms with van der Waals surface area (Å²) in [4.78, 5) is 12.3. The molecule has 0 aromatic carbocycles. The van der Waals surface area contributed by atoms with Gasteiger partial charge in [-0.3, -0.25) is 9.48 Å². The average molecular weight is 365 g/mol. The minimum absolute atomic E-state index is 0.0588. The van der Waals surface area contributed by atoms with Crippen LogP contribution in [0.1, 0.15) is 27.5 Å². The van der Waals surface area contributed by atoms with E-state index in [1.807, 2.05) is 0 Å². The minimum atomic E-state index is -3.77. The Kier molecular flexibility index (Phi) is 4.58. The summed E-state index contributed by atoms with van der Waals surface area (Å²) >= 11 is 0. The zero-order valence-corrected chi connectivity index (χ0v) is 14.8. The first kappa shape index (κ1) is 17.5. The van der Waals surface area contributed by atoms with Gasteiger partial charge in [-0.2, -0.15) is 5.10 Å². The van der Waals surface area contributed by atoms with Gasteiger partial charge < -0.3 is 14.4 Å². The summed E-state index contributed by atoms with van der Waals surface area (Å²) in [5.74, 6) is -0.0572. The second kappa shape index (κ2) is 6.54. The molecule has 3 heterocycles. The van der Waals surface area contributed by atoms with E-state index in [2.05, 4.69) is 22.2 Å². The van der Waals surface area contributed by atoms with Gasteiger partial charge in [-0.05, 0) is 6.92 Å². The summed E-state index contributed by atoms with van der Waals surface area (Å²) in [5, 5.41) is 10.6. The number of nitrogens with one attached hydrogen (secondary N) is 1. The second-order valence-electron chi connectivity index (χ2n) is 5.72. The van der Waals surface area contributed by atoms with Crippen molar-refractivity contribution < 1.29 is 18.1 Å². The lowest BCUT2D eigenvalue weighted by atomic mass is 10.2. The van der Waals surface area contributed by atoms with Crippen molar-refractivity contribution in [2.75, 3.05) is 13.1 Å². The maximum absolute atomic E-state index is 13.0. The summed E-state index contributed by atoms with van der Waals surface area (Å²) in [7, 11) is -3.77. The van der Waals surface area contributed by atoms with Crippen molar-refractivity contribution in [2.24, 2.45) is 0 Å². The molecule has 1 unspecified atom stereocenters. The molecule has 1 atom stereocenters. The predicted octanol–water partition coefficient (Wildman–Crippen LogP) is 0.823. The van der Waals surface area contributed by atoms with Gasteiger partial charge in [0.15, 0.2) is 16.2 Å². The molecule has 0 aliphatic carbocycles. The molecule has 0 radical (unpaired) electrons. The lowest BCUT2D eigenvalue weighted by Crippen LogP contribution is -2.43. The summed E-state index contributed by atoms with van der Waals surface area (Å²) < 4.78 is 33.9. The number of sulfonamides is 1. The van der Waals surface area contributed by atoms with Crippen molar-refractivity contribution in [3.63, 3.8) is 0 Å². The maximum atomic E-state index is 13.0. The molecule has 0 spiro atoms. The number of carbonyl (C=O) groups excluding carboxylic acids is 1. The second-order valence-corrected chi connectivity index (χ2v) is 7.59. The van der Waals surface area contributed by atoms with Crippen LogP contribution in [0.4, 0.5) is 0 Å². The van der Waals surface area contributed by atoms with E-state index in [1.165, 1.54) is 10.5 Å². The van der Waals surface area contributed by atoms with E-state index in [9.17, 15) is 13.6 Å². The third-order valence-corrected chi connectivity index (χ3v) is 6.14. The van der Waals surface area contributed by atoms with Crippen LogP contribution < -0.4 is 5.32 Å². The van der Waals surface area contributed by atoms with Gasteiger partial charge in [-0.15, -0.1) is 10.9 Å². The number of carbonyl (C=O) groups is 1. The fraction of sp³-hybridized carbons (Fsp3) is 0.400. The molecule has 10 heteroatoms. The monoisotopic (exact) mass is 365 g/mol. The molecule has 1 N–H and O–H groups in total. The molecular formula is C15H19N5O4S. The molecule has 9 nitrogen and oxygen atoms in total. The van der Waals surface area contributed by atoms with Crippen molar-refractivity contribution in [3.8, 4) is 0 Å². The van der Waals surface area contributed by atoms with Gasteiger partial charge in [0.2, 0.25) is 4.90 Å². The first-order valence-corrected chi connectivity index (χ1v) is 9.17. The van der Waals surface area contributed by atoms with Crippen molar-refractivity contribution >= 4 is 16.3 Å². The van der Waals surface area contributed by atoms with E-state index >= 15 is 0 Å². The number of hydrogen-bond acceptors (Lipinski definition) is 6. The third-order valence-electron chi connectivity index (χ3n) is 4.05. The van der Waals surface area contributed by atoms with Crippen LogP contribution in [0.3, 0.4) is 0 Å². The Hall–Kier alpha value is -2.30. The number of aromatic nitrogens is 3. The zero-order valence-electron chi connectivity index (χ0n) is 14.0. The number of fused-ring (bicyclic) bond motifs is 1. The van der Waals surface area contributed by atoms with Gasteiger partial charge in [-0.1, -0.05) is 15.4 Å². The molecule has 3 rings (SSSR count). The maximum Gasteiger partial charge on any atom is 0.255 e. The number of hydrogen-bond donors (Lipinski definition) is 1. The van der Waals surface area contributed by atoms with Crippen LogP contribution in [0.2, 0.25) is 0 Å². The third kappa shape index (κ3) is 3.03. The topological polar surface area (TPSA) is 116 Å². The van der Waals surface area contributed by atoms with Crippen molar-refractivity contribution in [1.82, 2.24) is 24.6 Å². The summed E-state index contributed by atoms with van der Waals surface area (Å²) in [6, 6.07) is 0. The van der Waals surface area contributed by atoms with Crippen LogP contribution in [-0.2, 0) is 27.7 Å². The van der Waals surface area contributed by atoms with E-state index in [0.717, 1.165) is 0 Å². The van der Waals surface area contributed by atoms with Gasteiger partial charge in [-0.25, -0.2) is 0 Å². The quantitative estimate of drug-likeness (QED) is 0.619. The Bertz CT molecular complexity index is 852. The number of amides is 1. The highest BCUT2D eigenvalue weighted by Gasteiger charge is 2.39. The van der Waals surface area contributed by atoms with Crippen molar-refractivity contribution in [3.05, 3.63) is 41.6 Å². The lowest BCUT2D eigenvalue weighted by Gasteiger charge is -2.30. The van der Waals surface area contributed by atoms with Gasteiger partial charge in [0.25, 0.3) is 5.91 Å². The smallest absolute Gasteiger partial charge is 0.255 e. The van der Waals surface area contributed by atoms with Gasteiger partial charge in [0, 0.05) is 13.5 Å². The van der Waals surface area contributed by atoms with Gasteiger partial charge in [0.1, 0.15) is 5.69 Å². The number of aryl methyl sites for hydroxylation is 2. The molecule has 1 aliphatic heterocycles. The summed E-state index contributed by atoms with van der Waals surface area (Å²) in [6.45, 7) is 7.72. The molecule has 25 heavy (non-hydrogen) atoms. The zero-order chi connectivity index (χ0) is 18.2. The van der Waals surface area contributed by atoms with Crippen LogP contribution >= 0.6 is 0 Å². The average Bonchev–Trinajstić information content (AvgIpc) is 3.15. The molecule has 0 fully saturated rings. The molecule has 2 aromatic rings. The fourth-order valence-corrected chi connectivity index (χ4v) is 4.53. The first-order chi connectivity index (χ1) is 11.9. The van der Waals surface area contributed by atoms with E-state index in [-0.39, 0.29) is 29.7 Å².